The third kappa shape index (κ3) is 3.95. The second kappa shape index (κ2) is 7.70. The van der Waals surface area contributed by atoms with Crippen LogP contribution < -0.4 is 15.0 Å². The Morgan fingerprint density at radius 3 is 2.33 bits per heavy atom. The molecule has 1 N–H and O–H groups in total. The Balaban J connectivity index is 1.89. The summed E-state index contributed by atoms with van der Waals surface area (Å²) >= 11 is 0. The minimum absolute atomic E-state index is 0.116. The first-order valence-corrected chi connectivity index (χ1v) is 8.31. The van der Waals surface area contributed by atoms with Crippen molar-refractivity contribution in [2.45, 2.75) is 6.92 Å². The topological polar surface area (TPSA) is 75.7 Å². The second-order valence-corrected chi connectivity index (χ2v) is 5.96. The number of anilines is 1. The van der Waals surface area contributed by atoms with Crippen molar-refractivity contribution in [2.24, 2.45) is 0 Å². The number of benzene rings is 2. The van der Waals surface area contributed by atoms with Crippen molar-refractivity contribution in [3.05, 3.63) is 77.9 Å². The van der Waals surface area contributed by atoms with E-state index < -0.39 is 17.8 Å². The Bertz CT molecular complexity index is 928. The van der Waals surface area contributed by atoms with Crippen LogP contribution >= 0.6 is 0 Å². The van der Waals surface area contributed by atoms with Crippen LogP contribution in [0.25, 0.3) is 6.08 Å². The molecule has 0 saturated carbocycles. The maximum Gasteiger partial charge on any atom is 0.335 e. The Labute approximate surface area is 156 Å². The molecule has 0 bridgehead atoms. The van der Waals surface area contributed by atoms with Crippen molar-refractivity contribution >= 4 is 29.6 Å². The summed E-state index contributed by atoms with van der Waals surface area (Å²) in [6, 6.07) is 13.0. The predicted molar refractivity (Wildman–Crippen MR) is 102 cm³/mol. The van der Waals surface area contributed by atoms with E-state index in [1.165, 1.54) is 6.08 Å². The number of hydrogen-bond donors (Lipinski definition) is 1. The van der Waals surface area contributed by atoms with Crippen molar-refractivity contribution in [2.75, 3.05) is 11.5 Å². The molecule has 6 nitrogen and oxygen atoms in total. The number of nitrogens with one attached hydrogen (secondary N) is 1. The molecule has 0 radical (unpaired) electrons. The van der Waals surface area contributed by atoms with E-state index in [0.29, 0.717) is 23.6 Å². The van der Waals surface area contributed by atoms with E-state index in [4.69, 9.17) is 4.74 Å². The van der Waals surface area contributed by atoms with Gasteiger partial charge in [0.25, 0.3) is 11.8 Å². The molecule has 1 heterocycles. The lowest BCUT2D eigenvalue weighted by molar-refractivity contribution is -0.122. The number of aryl methyl sites for hydroxylation is 1. The van der Waals surface area contributed by atoms with Gasteiger partial charge in [-0.05, 0) is 42.8 Å². The molecule has 27 heavy (non-hydrogen) atoms. The summed E-state index contributed by atoms with van der Waals surface area (Å²) in [5.41, 5.74) is 1.91. The zero-order valence-corrected chi connectivity index (χ0v) is 14.8. The van der Waals surface area contributed by atoms with Crippen molar-refractivity contribution < 1.29 is 19.1 Å². The molecule has 0 aliphatic carbocycles. The van der Waals surface area contributed by atoms with Crippen LogP contribution in [0.5, 0.6) is 5.75 Å². The van der Waals surface area contributed by atoms with Gasteiger partial charge in [0.1, 0.15) is 17.9 Å². The van der Waals surface area contributed by atoms with E-state index >= 15 is 0 Å². The molecule has 3 rings (SSSR count). The highest BCUT2D eigenvalue weighted by Crippen LogP contribution is 2.23. The van der Waals surface area contributed by atoms with Gasteiger partial charge in [-0.1, -0.05) is 42.5 Å². The molecule has 0 aromatic heterocycles. The van der Waals surface area contributed by atoms with E-state index in [1.807, 2.05) is 6.92 Å². The van der Waals surface area contributed by atoms with Crippen molar-refractivity contribution in [3.63, 3.8) is 0 Å². The highest BCUT2D eigenvalue weighted by molar-refractivity contribution is 6.39. The van der Waals surface area contributed by atoms with E-state index in [9.17, 15) is 14.4 Å². The maximum absolute atomic E-state index is 12.8. The number of urea groups is 1. The van der Waals surface area contributed by atoms with Gasteiger partial charge in [0, 0.05) is 0 Å². The third-order valence-corrected chi connectivity index (χ3v) is 3.95. The van der Waals surface area contributed by atoms with Crippen molar-refractivity contribution in [1.29, 1.82) is 0 Å². The van der Waals surface area contributed by atoms with E-state index in [1.54, 1.807) is 54.6 Å². The number of rotatable bonds is 5. The van der Waals surface area contributed by atoms with E-state index in [-0.39, 0.29) is 5.57 Å². The van der Waals surface area contributed by atoms with Crippen LogP contribution in [0.1, 0.15) is 11.1 Å². The molecule has 6 heteroatoms. The standard InChI is InChI=1S/C21H18N2O4/c1-3-12-27-17-10-6-15(7-11-17)13-18-19(24)22-21(26)23(20(18)25)16-8-4-14(2)5-9-16/h3-11,13H,1,12H2,2H3,(H,22,24,26)/b18-13-. The number of imide groups is 2. The average molecular weight is 362 g/mol. The highest BCUT2D eigenvalue weighted by atomic mass is 16.5. The Morgan fingerprint density at radius 1 is 1.04 bits per heavy atom. The van der Waals surface area contributed by atoms with Gasteiger partial charge < -0.3 is 4.74 Å². The molecule has 2 aromatic carbocycles. The predicted octanol–water partition coefficient (Wildman–Crippen LogP) is 3.23. The third-order valence-electron chi connectivity index (χ3n) is 3.95. The second-order valence-electron chi connectivity index (χ2n) is 5.96. The number of amides is 4. The minimum Gasteiger partial charge on any atom is -0.490 e. The fraction of sp³-hybridized carbons (Fsp3) is 0.0952. The summed E-state index contributed by atoms with van der Waals surface area (Å²) in [7, 11) is 0. The largest absolute Gasteiger partial charge is 0.490 e. The molecular weight excluding hydrogens is 344 g/mol. The number of carbonyl (C=O) groups is 3. The van der Waals surface area contributed by atoms with Crippen molar-refractivity contribution in [1.82, 2.24) is 5.32 Å². The van der Waals surface area contributed by atoms with E-state index in [0.717, 1.165) is 10.5 Å². The van der Waals surface area contributed by atoms with Crippen LogP contribution in [0.2, 0.25) is 0 Å². The van der Waals surface area contributed by atoms with Crippen LogP contribution in [-0.4, -0.2) is 24.5 Å². The molecule has 1 fully saturated rings. The lowest BCUT2D eigenvalue weighted by Gasteiger charge is -2.26. The smallest absolute Gasteiger partial charge is 0.335 e. The molecule has 4 amide bonds. The SMILES string of the molecule is C=CCOc1ccc(/C=C2/C(=O)NC(=O)N(c3ccc(C)cc3)C2=O)cc1. The normalized spacial score (nSPS) is 15.7. The van der Waals surface area contributed by atoms with Gasteiger partial charge in [-0.25, -0.2) is 9.69 Å². The monoisotopic (exact) mass is 362 g/mol. The first-order chi connectivity index (χ1) is 13.0. The summed E-state index contributed by atoms with van der Waals surface area (Å²) in [5.74, 6) is -0.743. The van der Waals surface area contributed by atoms with Crippen LogP contribution in [0.15, 0.2) is 66.8 Å². The molecule has 1 aliphatic heterocycles. The first-order valence-electron chi connectivity index (χ1n) is 8.31. The number of nitrogens with zero attached hydrogens (tertiary/aromatic N) is 1. The van der Waals surface area contributed by atoms with Crippen LogP contribution in [0, 0.1) is 6.92 Å². The molecule has 0 spiro atoms. The molecular formula is C21H18N2O4. The zero-order valence-electron chi connectivity index (χ0n) is 14.8. The van der Waals surface area contributed by atoms with Gasteiger partial charge in [-0.15, -0.1) is 0 Å². The van der Waals surface area contributed by atoms with Gasteiger partial charge in [0.05, 0.1) is 5.69 Å². The number of hydrogen-bond acceptors (Lipinski definition) is 4. The van der Waals surface area contributed by atoms with Gasteiger partial charge in [0.15, 0.2) is 0 Å². The summed E-state index contributed by atoms with van der Waals surface area (Å²) in [6.07, 6.45) is 3.08. The van der Waals surface area contributed by atoms with Gasteiger partial charge in [-0.3, -0.25) is 14.9 Å². The van der Waals surface area contributed by atoms with Gasteiger partial charge in [0.2, 0.25) is 0 Å². The first kappa shape index (κ1) is 18.1. The van der Waals surface area contributed by atoms with Gasteiger partial charge in [-0.2, -0.15) is 0 Å². The molecule has 1 aliphatic rings. The Kier molecular flexibility index (Phi) is 5.17. The molecule has 136 valence electrons. The number of carbonyl (C=O) groups excluding carboxylic acids is 3. The molecule has 2 aromatic rings. The lowest BCUT2D eigenvalue weighted by atomic mass is 10.1. The fourth-order valence-electron chi connectivity index (χ4n) is 2.57. The summed E-state index contributed by atoms with van der Waals surface area (Å²) in [6.45, 7) is 5.87. The van der Waals surface area contributed by atoms with Gasteiger partial charge >= 0.3 is 6.03 Å². The lowest BCUT2D eigenvalue weighted by Crippen LogP contribution is -2.54. The minimum atomic E-state index is -0.765. The highest BCUT2D eigenvalue weighted by Gasteiger charge is 2.36. The summed E-state index contributed by atoms with van der Waals surface area (Å²) in [4.78, 5) is 38.1. The number of barbiturate groups is 1. The van der Waals surface area contributed by atoms with Crippen molar-refractivity contribution in [3.8, 4) is 5.75 Å². The number of ether oxygens (including phenoxy) is 1. The van der Waals surface area contributed by atoms with Crippen LogP contribution in [0.4, 0.5) is 10.5 Å². The van der Waals surface area contributed by atoms with E-state index in [2.05, 4.69) is 11.9 Å². The molecule has 0 atom stereocenters. The fourth-order valence-corrected chi connectivity index (χ4v) is 2.57. The molecule has 1 saturated heterocycles. The maximum atomic E-state index is 12.8. The molecule has 0 unspecified atom stereocenters. The van der Waals surface area contributed by atoms with Crippen LogP contribution in [0.3, 0.4) is 0 Å². The summed E-state index contributed by atoms with van der Waals surface area (Å²) in [5, 5.41) is 2.21. The van der Waals surface area contributed by atoms with Crippen LogP contribution in [-0.2, 0) is 9.59 Å². The summed E-state index contributed by atoms with van der Waals surface area (Å²) < 4.78 is 5.40. The quantitative estimate of drug-likeness (QED) is 0.503. The average Bonchev–Trinajstić information content (AvgIpc) is 2.66. The Hall–Kier alpha value is -3.67. The zero-order chi connectivity index (χ0) is 19.4. The Morgan fingerprint density at radius 2 is 1.70 bits per heavy atom.